The monoisotopic (exact) mass is 226 g/mol. The first-order valence-electron chi connectivity index (χ1n) is 5.76. The van der Waals surface area contributed by atoms with E-state index in [1.807, 2.05) is 30.5 Å². The van der Waals surface area contributed by atoms with Crippen molar-refractivity contribution in [2.75, 3.05) is 5.32 Å². The molecule has 4 heteroatoms. The van der Waals surface area contributed by atoms with Crippen molar-refractivity contribution in [3.05, 3.63) is 36.7 Å². The smallest absolute Gasteiger partial charge is 0.193 e. The number of hydrogen-bond donors (Lipinski definition) is 2. The third-order valence-corrected chi connectivity index (χ3v) is 2.81. The second-order valence-electron chi connectivity index (χ2n) is 4.27. The Bertz CT molecular complexity index is 567. The topological polar surface area (TPSA) is 63.3 Å². The van der Waals surface area contributed by atoms with Gasteiger partial charge in [0.15, 0.2) is 5.96 Å². The summed E-state index contributed by atoms with van der Waals surface area (Å²) in [4.78, 5) is 8.46. The molecule has 2 aromatic rings. The minimum Gasteiger partial charge on any atom is -0.370 e. The van der Waals surface area contributed by atoms with Gasteiger partial charge in [0.25, 0.3) is 0 Å². The molecule has 1 aromatic heterocycles. The Balaban J connectivity index is 1.94. The number of aliphatic imine (C=N–C) groups is 1. The minimum atomic E-state index is 0.430. The molecule has 1 aliphatic carbocycles. The van der Waals surface area contributed by atoms with E-state index in [-0.39, 0.29) is 0 Å². The van der Waals surface area contributed by atoms with Crippen LogP contribution in [0.4, 0.5) is 5.69 Å². The Hall–Kier alpha value is -2.10. The van der Waals surface area contributed by atoms with Crippen molar-refractivity contribution in [3.8, 4) is 0 Å². The number of guanidine groups is 1. The fourth-order valence-electron chi connectivity index (χ4n) is 1.80. The Labute approximate surface area is 99.6 Å². The molecule has 1 fully saturated rings. The molecule has 86 valence electrons. The van der Waals surface area contributed by atoms with E-state index in [0.29, 0.717) is 12.0 Å². The number of nitrogens with zero attached hydrogens (tertiary/aromatic N) is 2. The van der Waals surface area contributed by atoms with Gasteiger partial charge < -0.3 is 11.1 Å². The molecule has 0 bridgehead atoms. The number of aromatic nitrogens is 1. The zero-order valence-electron chi connectivity index (χ0n) is 9.43. The standard InChI is InChI=1S/C13H14N4/c14-13(16-10-4-5-10)17-12-3-1-2-9-8-15-7-6-11(9)12/h1-3,6-8,10H,4-5H2,(H3,14,16,17). The molecular weight excluding hydrogens is 212 g/mol. The van der Waals surface area contributed by atoms with Gasteiger partial charge in [0.1, 0.15) is 0 Å². The first-order valence-corrected chi connectivity index (χ1v) is 5.76. The number of nitrogens with two attached hydrogens (primary N) is 1. The van der Waals surface area contributed by atoms with Crippen molar-refractivity contribution in [2.24, 2.45) is 10.7 Å². The highest BCUT2D eigenvalue weighted by molar-refractivity contribution is 6.02. The third-order valence-electron chi connectivity index (χ3n) is 2.81. The maximum Gasteiger partial charge on any atom is 0.193 e. The summed E-state index contributed by atoms with van der Waals surface area (Å²) in [5, 5.41) is 5.36. The van der Waals surface area contributed by atoms with Crippen molar-refractivity contribution in [2.45, 2.75) is 18.9 Å². The molecule has 0 aliphatic heterocycles. The fraction of sp³-hybridized carbons (Fsp3) is 0.231. The first kappa shape index (κ1) is 10.1. The third kappa shape index (κ3) is 2.20. The number of rotatable bonds is 2. The van der Waals surface area contributed by atoms with E-state index < -0.39 is 0 Å². The average molecular weight is 226 g/mol. The minimum absolute atomic E-state index is 0.430. The predicted molar refractivity (Wildman–Crippen MR) is 70.0 cm³/mol. The van der Waals surface area contributed by atoms with Gasteiger partial charge in [0.05, 0.1) is 6.04 Å². The molecule has 1 aliphatic rings. The molecule has 1 aromatic carbocycles. The van der Waals surface area contributed by atoms with Crippen LogP contribution in [0.5, 0.6) is 0 Å². The second-order valence-corrected chi connectivity index (χ2v) is 4.27. The van der Waals surface area contributed by atoms with Crippen molar-refractivity contribution >= 4 is 22.4 Å². The lowest BCUT2D eigenvalue weighted by atomic mass is 10.1. The highest BCUT2D eigenvalue weighted by atomic mass is 15.1. The Morgan fingerprint density at radius 2 is 2.24 bits per heavy atom. The van der Waals surface area contributed by atoms with Crippen molar-refractivity contribution in [1.82, 2.24) is 4.98 Å². The molecule has 0 atom stereocenters. The number of fused-ring (bicyclic) bond motifs is 1. The number of nitrogens with one attached hydrogen (secondary N) is 1. The van der Waals surface area contributed by atoms with Gasteiger partial charge in [-0.1, -0.05) is 12.1 Å². The molecule has 1 heterocycles. The molecule has 4 nitrogen and oxygen atoms in total. The van der Waals surface area contributed by atoms with Crippen molar-refractivity contribution in [1.29, 1.82) is 0 Å². The fourth-order valence-corrected chi connectivity index (χ4v) is 1.80. The number of benzene rings is 1. The van der Waals surface area contributed by atoms with E-state index in [2.05, 4.69) is 15.3 Å². The first-order chi connectivity index (χ1) is 8.33. The van der Waals surface area contributed by atoms with Crippen LogP contribution < -0.4 is 11.1 Å². The summed E-state index contributed by atoms with van der Waals surface area (Å²) < 4.78 is 0. The highest BCUT2D eigenvalue weighted by Gasteiger charge is 2.20. The van der Waals surface area contributed by atoms with Gasteiger partial charge in [0, 0.05) is 28.9 Å². The van der Waals surface area contributed by atoms with Crippen LogP contribution in [-0.4, -0.2) is 17.0 Å². The lowest BCUT2D eigenvalue weighted by Gasteiger charge is -2.08. The number of pyridine rings is 1. The second kappa shape index (κ2) is 4.05. The molecule has 0 unspecified atom stereocenters. The summed E-state index contributed by atoms with van der Waals surface area (Å²) in [5.74, 6) is 0.497. The summed E-state index contributed by atoms with van der Waals surface area (Å²) in [7, 11) is 0. The number of hydrogen-bond acceptors (Lipinski definition) is 2. The van der Waals surface area contributed by atoms with Crippen LogP contribution in [0, 0.1) is 0 Å². The summed E-state index contributed by atoms with van der Waals surface area (Å²) >= 11 is 0. The summed E-state index contributed by atoms with van der Waals surface area (Å²) in [6.45, 7) is 0. The van der Waals surface area contributed by atoms with Crippen LogP contribution in [0.25, 0.3) is 10.8 Å². The Morgan fingerprint density at radius 1 is 1.35 bits per heavy atom. The van der Waals surface area contributed by atoms with Crippen LogP contribution in [0.2, 0.25) is 0 Å². The molecule has 1 saturated carbocycles. The predicted octanol–water partition coefficient (Wildman–Crippen LogP) is 2.12. The van der Waals surface area contributed by atoms with Gasteiger partial charge in [-0.3, -0.25) is 4.98 Å². The quantitative estimate of drug-likeness (QED) is 0.609. The van der Waals surface area contributed by atoms with E-state index >= 15 is 0 Å². The molecule has 0 saturated heterocycles. The number of anilines is 1. The molecule has 3 N–H and O–H groups in total. The van der Waals surface area contributed by atoms with Crippen LogP contribution in [-0.2, 0) is 0 Å². The molecule has 0 radical (unpaired) electrons. The maximum absolute atomic E-state index is 5.86. The van der Waals surface area contributed by atoms with Crippen LogP contribution in [0.15, 0.2) is 41.7 Å². The van der Waals surface area contributed by atoms with Gasteiger partial charge >= 0.3 is 0 Å². The van der Waals surface area contributed by atoms with E-state index in [9.17, 15) is 0 Å². The molecule has 3 rings (SSSR count). The lowest BCUT2D eigenvalue weighted by Crippen LogP contribution is -2.23. The summed E-state index contributed by atoms with van der Waals surface area (Å²) in [6.07, 6.45) is 5.93. The van der Waals surface area contributed by atoms with E-state index in [0.717, 1.165) is 29.3 Å². The van der Waals surface area contributed by atoms with E-state index in [1.165, 1.54) is 0 Å². The van der Waals surface area contributed by atoms with E-state index in [1.54, 1.807) is 6.20 Å². The van der Waals surface area contributed by atoms with Crippen molar-refractivity contribution in [3.63, 3.8) is 0 Å². The molecule has 0 amide bonds. The van der Waals surface area contributed by atoms with Crippen LogP contribution in [0.3, 0.4) is 0 Å². The highest BCUT2D eigenvalue weighted by Crippen LogP contribution is 2.24. The largest absolute Gasteiger partial charge is 0.370 e. The van der Waals surface area contributed by atoms with Crippen LogP contribution >= 0.6 is 0 Å². The van der Waals surface area contributed by atoms with Gasteiger partial charge in [-0.2, -0.15) is 0 Å². The normalized spacial score (nSPS) is 16.1. The zero-order chi connectivity index (χ0) is 11.7. The molecule has 0 spiro atoms. The van der Waals surface area contributed by atoms with Crippen molar-refractivity contribution < 1.29 is 0 Å². The summed E-state index contributed by atoms with van der Waals surface area (Å²) in [6, 6.07) is 8.41. The van der Waals surface area contributed by atoms with E-state index in [4.69, 9.17) is 5.73 Å². The van der Waals surface area contributed by atoms with Gasteiger partial charge in [-0.25, -0.2) is 4.99 Å². The lowest BCUT2D eigenvalue weighted by molar-refractivity contribution is 1.06. The average Bonchev–Trinajstić information content (AvgIpc) is 3.13. The van der Waals surface area contributed by atoms with Gasteiger partial charge in [-0.15, -0.1) is 0 Å². The zero-order valence-corrected chi connectivity index (χ0v) is 9.43. The molecule has 17 heavy (non-hydrogen) atoms. The Kier molecular flexibility index (Phi) is 2.40. The summed E-state index contributed by atoms with van der Waals surface area (Å²) in [5.41, 5.74) is 6.84. The maximum atomic E-state index is 5.86. The SMILES string of the molecule is NC(=NC1CC1)Nc1cccc2cnccc12. The van der Waals surface area contributed by atoms with Crippen LogP contribution in [0.1, 0.15) is 12.8 Å². The Morgan fingerprint density at radius 3 is 3.06 bits per heavy atom. The van der Waals surface area contributed by atoms with Gasteiger partial charge in [0.2, 0.25) is 0 Å². The molecular formula is C13H14N4. The van der Waals surface area contributed by atoms with Gasteiger partial charge in [-0.05, 0) is 25.0 Å².